The molecule has 2 atom stereocenters. The van der Waals surface area contributed by atoms with E-state index in [9.17, 15) is 19.5 Å². The average molecular weight is 314 g/mol. The van der Waals surface area contributed by atoms with Crippen LogP contribution >= 0.6 is 0 Å². The molecule has 0 aromatic rings. The van der Waals surface area contributed by atoms with E-state index < -0.39 is 11.5 Å². The van der Waals surface area contributed by atoms with Crippen molar-refractivity contribution in [3.05, 3.63) is 0 Å². The van der Waals surface area contributed by atoms with Crippen LogP contribution in [0.4, 0.5) is 0 Å². The van der Waals surface area contributed by atoms with E-state index >= 15 is 0 Å². The number of hydrogen-bond donors (Lipinski definition) is 2. The molecule has 1 aliphatic rings. The zero-order valence-electron chi connectivity index (χ0n) is 13.6. The topological polar surface area (TPSA) is 95.9 Å². The second-order valence-electron chi connectivity index (χ2n) is 5.99. The van der Waals surface area contributed by atoms with Gasteiger partial charge < -0.3 is 20.1 Å². The van der Waals surface area contributed by atoms with Crippen molar-refractivity contribution in [3.8, 4) is 0 Å². The number of carbonyl (C=O) groups excluding carboxylic acids is 2. The van der Waals surface area contributed by atoms with Gasteiger partial charge in [-0.2, -0.15) is 0 Å². The molecular formula is C15H26N2O5. The van der Waals surface area contributed by atoms with Gasteiger partial charge in [0.05, 0.1) is 12.5 Å². The van der Waals surface area contributed by atoms with E-state index in [0.29, 0.717) is 25.9 Å². The lowest BCUT2D eigenvalue weighted by atomic mass is 9.94. The minimum Gasteiger partial charge on any atom is -0.479 e. The largest absolute Gasteiger partial charge is 0.479 e. The molecule has 0 aromatic carbocycles. The fourth-order valence-corrected chi connectivity index (χ4v) is 2.60. The number of ether oxygens (including phenoxy) is 1. The van der Waals surface area contributed by atoms with Gasteiger partial charge in [0.15, 0.2) is 5.54 Å². The molecule has 22 heavy (non-hydrogen) atoms. The van der Waals surface area contributed by atoms with E-state index in [1.54, 1.807) is 4.90 Å². The second kappa shape index (κ2) is 8.12. The molecule has 0 aliphatic carbocycles. The molecule has 0 saturated carbocycles. The molecule has 0 spiro atoms. The Hall–Kier alpha value is -1.63. The Balaban J connectivity index is 2.68. The van der Waals surface area contributed by atoms with E-state index in [1.807, 2.05) is 6.92 Å². The molecule has 2 unspecified atom stereocenters. The van der Waals surface area contributed by atoms with Gasteiger partial charge in [-0.1, -0.05) is 6.92 Å². The summed E-state index contributed by atoms with van der Waals surface area (Å²) in [5, 5.41) is 11.8. The van der Waals surface area contributed by atoms with Crippen molar-refractivity contribution in [3.63, 3.8) is 0 Å². The highest BCUT2D eigenvalue weighted by atomic mass is 16.5. The number of aliphatic carboxylic acids is 1. The van der Waals surface area contributed by atoms with Gasteiger partial charge in [-0.25, -0.2) is 4.79 Å². The zero-order valence-corrected chi connectivity index (χ0v) is 13.6. The molecule has 126 valence electrons. The SMILES string of the molecule is CCCC(=O)N1CCCC(C(=O)NC(C)(COC)C(=O)O)C1. The summed E-state index contributed by atoms with van der Waals surface area (Å²) < 4.78 is 4.89. The summed E-state index contributed by atoms with van der Waals surface area (Å²) in [5.41, 5.74) is -1.46. The lowest BCUT2D eigenvalue weighted by Crippen LogP contribution is -2.58. The fourth-order valence-electron chi connectivity index (χ4n) is 2.60. The molecule has 2 N–H and O–H groups in total. The van der Waals surface area contributed by atoms with Crippen LogP contribution in [0.3, 0.4) is 0 Å². The predicted molar refractivity (Wildman–Crippen MR) is 80.3 cm³/mol. The number of carbonyl (C=O) groups is 3. The first-order chi connectivity index (χ1) is 10.3. The van der Waals surface area contributed by atoms with Gasteiger partial charge in [-0.3, -0.25) is 9.59 Å². The number of nitrogens with zero attached hydrogens (tertiary/aromatic N) is 1. The molecular weight excluding hydrogens is 288 g/mol. The van der Waals surface area contributed by atoms with Gasteiger partial charge >= 0.3 is 5.97 Å². The summed E-state index contributed by atoms with van der Waals surface area (Å²) in [7, 11) is 1.39. The summed E-state index contributed by atoms with van der Waals surface area (Å²) in [6.07, 6.45) is 2.66. The third-order valence-corrected chi connectivity index (χ3v) is 3.91. The summed E-state index contributed by atoms with van der Waals surface area (Å²) in [5.74, 6) is -1.80. The van der Waals surface area contributed by atoms with E-state index in [-0.39, 0.29) is 24.3 Å². The van der Waals surface area contributed by atoms with Crippen molar-refractivity contribution < 1.29 is 24.2 Å². The molecule has 0 bridgehead atoms. The lowest BCUT2D eigenvalue weighted by Gasteiger charge is -2.34. The van der Waals surface area contributed by atoms with Gasteiger partial charge in [0.2, 0.25) is 11.8 Å². The minimum atomic E-state index is -1.46. The monoisotopic (exact) mass is 314 g/mol. The molecule has 7 heteroatoms. The molecule has 0 radical (unpaired) electrons. The van der Waals surface area contributed by atoms with Crippen molar-refractivity contribution in [2.45, 2.75) is 45.1 Å². The number of methoxy groups -OCH3 is 1. The van der Waals surface area contributed by atoms with Gasteiger partial charge in [0, 0.05) is 26.6 Å². The van der Waals surface area contributed by atoms with Crippen molar-refractivity contribution in [1.82, 2.24) is 10.2 Å². The van der Waals surface area contributed by atoms with E-state index in [2.05, 4.69) is 5.32 Å². The Morgan fingerprint density at radius 1 is 1.41 bits per heavy atom. The number of nitrogens with one attached hydrogen (secondary N) is 1. The quantitative estimate of drug-likeness (QED) is 0.718. The minimum absolute atomic E-state index is 0.0536. The first kappa shape index (κ1) is 18.4. The lowest BCUT2D eigenvalue weighted by molar-refractivity contribution is -0.150. The Kier molecular flexibility index (Phi) is 6.80. The molecule has 1 heterocycles. The maximum atomic E-state index is 12.4. The van der Waals surface area contributed by atoms with Crippen LogP contribution in [0.1, 0.15) is 39.5 Å². The molecule has 1 saturated heterocycles. The molecule has 1 rings (SSSR count). The summed E-state index contributed by atoms with van der Waals surface area (Å²) in [4.78, 5) is 37.3. The van der Waals surface area contributed by atoms with Crippen molar-refractivity contribution in [1.29, 1.82) is 0 Å². The first-order valence-electron chi connectivity index (χ1n) is 7.66. The van der Waals surface area contributed by atoms with Crippen LogP contribution in [0.25, 0.3) is 0 Å². The normalized spacial score (nSPS) is 21.0. The van der Waals surface area contributed by atoms with Crippen LogP contribution in [0.5, 0.6) is 0 Å². The molecule has 7 nitrogen and oxygen atoms in total. The average Bonchev–Trinajstić information content (AvgIpc) is 2.47. The fraction of sp³-hybridized carbons (Fsp3) is 0.800. The highest BCUT2D eigenvalue weighted by Crippen LogP contribution is 2.19. The standard InChI is InChI=1S/C15H26N2O5/c1-4-6-12(18)17-8-5-7-11(9-17)13(19)16-15(2,10-22-3)14(20)21/h11H,4-10H2,1-3H3,(H,16,19)(H,20,21). The van der Waals surface area contributed by atoms with Crippen LogP contribution in [-0.4, -0.2) is 60.1 Å². The number of amides is 2. The predicted octanol–water partition coefficient (Wildman–Crippen LogP) is 0.631. The number of carboxylic acid groups (broad SMARTS) is 1. The summed E-state index contributed by atoms with van der Waals surface area (Å²) in [6.45, 7) is 4.26. The Bertz CT molecular complexity index is 426. The van der Waals surface area contributed by atoms with Crippen LogP contribution in [-0.2, 0) is 19.1 Å². The summed E-state index contributed by atoms with van der Waals surface area (Å²) >= 11 is 0. The molecule has 0 aromatic heterocycles. The van der Waals surface area contributed by atoms with Crippen LogP contribution in [0, 0.1) is 5.92 Å². The number of carboxylic acids is 1. The van der Waals surface area contributed by atoms with Crippen LogP contribution in [0.15, 0.2) is 0 Å². The highest BCUT2D eigenvalue weighted by Gasteiger charge is 2.38. The van der Waals surface area contributed by atoms with Crippen LogP contribution < -0.4 is 5.32 Å². The first-order valence-corrected chi connectivity index (χ1v) is 7.66. The smallest absolute Gasteiger partial charge is 0.331 e. The Morgan fingerprint density at radius 3 is 2.64 bits per heavy atom. The van der Waals surface area contributed by atoms with Crippen molar-refractivity contribution in [2.75, 3.05) is 26.8 Å². The molecule has 2 amide bonds. The molecule has 1 aliphatic heterocycles. The van der Waals surface area contributed by atoms with Crippen LogP contribution in [0.2, 0.25) is 0 Å². The van der Waals surface area contributed by atoms with Crippen molar-refractivity contribution >= 4 is 17.8 Å². The van der Waals surface area contributed by atoms with E-state index in [0.717, 1.165) is 12.8 Å². The number of piperidine rings is 1. The number of hydrogen-bond acceptors (Lipinski definition) is 4. The molecule has 1 fully saturated rings. The second-order valence-corrected chi connectivity index (χ2v) is 5.99. The Labute approximate surface area is 131 Å². The maximum Gasteiger partial charge on any atom is 0.331 e. The third kappa shape index (κ3) is 4.69. The van der Waals surface area contributed by atoms with Gasteiger partial charge in [0.1, 0.15) is 0 Å². The van der Waals surface area contributed by atoms with E-state index in [4.69, 9.17) is 4.74 Å². The van der Waals surface area contributed by atoms with Gasteiger partial charge in [-0.05, 0) is 26.2 Å². The number of rotatable bonds is 7. The zero-order chi connectivity index (χ0) is 16.8. The third-order valence-electron chi connectivity index (χ3n) is 3.91. The Morgan fingerprint density at radius 2 is 2.09 bits per heavy atom. The highest BCUT2D eigenvalue weighted by molar-refractivity contribution is 5.88. The van der Waals surface area contributed by atoms with E-state index in [1.165, 1.54) is 14.0 Å². The van der Waals surface area contributed by atoms with Crippen molar-refractivity contribution in [2.24, 2.45) is 5.92 Å². The van der Waals surface area contributed by atoms with Gasteiger partial charge in [-0.15, -0.1) is 0 Å². The maximum absolute atomic E-state index is 12.4. The number of likely N-dealkylation sites (tertiary alicyclic amines) is 1. The van der Waals surface area contributed by atoms with Gasteiger partial charge in [0.25, 0.3) is 0 Å². The summed E-state index contributed by atoms with van der Waals surface area (Å²) in [6, 6.07) is 0.